The second kappa shape index (κ2) is 4.56. The van der Waals surface area contributed by atoms with E-state index in [2.05, 4.69) is 26.9 Å². The van der Waals surface area contributed by atoms with E-state index < -0.39 is 0 Å². The molecular formula is C14H15BrN2O. The lowest BCUT2D eigenvalue weighted by Crippen LogP contribution is -2.45. The van der Waals surface area contributed by atoms with Crippen molar-refractivity contribution in [3.63, 3.8) is 0 Å². The molecule has 2 fully saturated rings. The Bertz CT molecular complexity index is 497. The highest BCUT2D eigenvalue weighted by molar-refractivity contribution is 9.10. The van der Waals surface area contributed by atoms with Gasteiger partial charge in [0.2, 0.25) is 0 Å². The Kier molecular flexibility index (Phi) is 3.04. The molecule has 3 nitrogen and oxygen atoms in total. The maximum absolute atomic E-state index is 9.83. The normalized spacial score (nSPS) is 30.3. The molecule has 0 aromatic heterocycles. The number of rotatable bonds is 1. The highest BCUT2D eigenvalue weighted by Crippen LogP contribution is 2.41. The predicted molar refractivity (Wildman–Crippen MR) is 73.4 cm³/mol. The van der Waals surface area contributed by atoms with E-state index in [-0.39, 0.29) is 6.10 Å². The number of hydrogen-bond donors (Lipinski definition) is 1. The van der Waals surface area contributed by atoms with Gasteiger partial charge in [0.1, 0.15) is 6.07 Å². The molecule has 0 spiro atoms. The van der Waals surface area contributed by atoms with E-state index in [1.165, 1.54) is 0 Å². The molecule has 2 aliphatic rings. The van der Waals surface area contributed by atoms with Crippen molar-refractivity contribution in [1.82, 2.24) is 0 Å². The van der Waals surface area contributed by atoms with Crippen LogP contribution in [0.2, 0.25) is 0 Å². The number of aliphatic hydroxyl groups excluding tert-OH is 1. The van der Waals surface area contributed by atoms with Crippen molar-refractivity contribution >= 4 is 21.6 Å². The van der Waals surface area contributed by atoms with Gasteiger partial charge in [-0.15, -0.1) is 0 Å². The molecule has 2 saturated heterocycles. The lowest BCUT2D eigenvalue weighted by atomic mass is 9.98. The zero-order chi connectivity index (χ0) is 12.7. The summed E-state index contributed by atoms with van der Waals surface area (Å²) < 4.78 is 1.00. The van der Waals surface area contributed by atoms with Gasteiger partial charge >= 0.3 is 0 Å². The zero-order valence-corrected chi connectivity index (χ0v) is 11.6. The lowest BCUT2D eigenvalue weighted by molar-refractivity contribution is 0.126. The van der Waals surface area contributed by atoms with Crippen LogP contribution in [0.5, 0.6) is 0 Å². The smallest absolute Gasteiger partial charge is 0.101 e. The van der Waals surface area contributed by atoms with Crippen molar-refractivity contribution < 1.29 is 5.11 Å². The fourth-order valence-electron chi connectivity index (χ4n) is 3.35. The first kappa shape index (κ1) is 12.0. The largest absolute Gasteiger partial charge is 0.393 e. The lowest BCUT2D eigenvalue weighted by Gasteiger charge is -2.39. The molecule has 2 unspecified atom stereocenters. The number of anilines is 1. The number of piperidine rings is 1. The minimum Gasteiger partial charge on any atom is -0.393 e. The Morgan fingerprint density at radius 1 is 1.28 bits per heavy atom. The first-order valence-electron chi connectivity index (χ1n) is 6.35. The quantitative estimate of drug-likeness (QED) is 0.868. The fraction of sp³-hybridized carbons (Fsp3) is 0.500. The Morgan fingerprint density at radius 2 is 1.94 bits per heavy atom. The minimum absolute atomic E-state index is 0.170. The van der Waals surface area contributed by atoms with Crippen molar-refractivity contribution in [3.05, 3.63) is 28.2 Å². The van der Waals surface area contributed by atoms with Gasteiger partial charge in [-0.2, -0.15) is 5.26 Å². The van der Waals surface area contributed by atoms with Gasteiger partial charge in [-0.1, -0.05) is 15.9 Å². The zero-order valence-electron chi connectivity index (χ0n) is 10.0. The average Bonchev–Trinajstić information content (AvgIpc) is 2.61. The van der Waals surface area contributed by atoms with Crippen molar-refractivity contribution in [1.29, 1.82) is 5.26 Å². The summed E-state index contributed by atoms with van der Waals surface area (Å²) >= 11 is 3.48. The molecule has 1 aromatic rings. The van der Waals surface area contributed by atoms with Gasteiger partial charge in [0.15, 0.2) is 0 Å². The summed E-state index contributed by atoms with van der Waals surface area (Å²) in [6.07, 6.45) is 3.73. The van der Waals surface area contributed by atoms with E-state index in [1.807, 2.05) is 18.2 Å². The summed E-state index contributed by atoms with van der Waals surface area (Å²) in [7, 11) is 0. The number of hydrogen-bond acceptors (Lipinski definition) is 3. The van der Waals surface area contributed by atoms with E-state index in [9.17, 15) is 10.4 Å². The van der Waals surface area contributed by atoms with Crippen molar-refractivity contribution in [2.24, 2.45) is 0 Å². The molecule has 0 aliphatic carbocycles. The Hall–Kier alpha value is -1.05. The molecule has 1 N–H and O–H groups in total. The SMILES string of the molecule is N#Cc1ccc(Br)cc1N1C2CCC1CC(O)C2. The summed E-state index contributed by atoms with van der Waals surface area (Å²) in [5.41, 5.74) is 1.75. The number of nitriles is 1. The second-order valence-corrected chi connectivity index (χ2v) is 6.11. The highest BCUT2D eigenvalue weighted by Gasteiger charge is 2.40. The summed E-state index contributed by atoms with van der Waals surface area (Å²) in [5, 5.41) is 19.1. The van der Waals surface area contributed by atoms with Crippen LogP contribution in [0.3, 0.4) is 0 Å². The summed E-state index contributed by atoms with van der Waals surface area (Å²) in [4.78, 5) is 2.36. The molecule has 2 atom stereocenters. The molecule has 0 amide bonds. The molecule has 0 saturated carbocycles. The van der Waals surface area contributed by atoms with Crippen LogP contribution in [0.15, 0.2) is 22.7 Å². The maximum Gasteiger partial charge on any atom is 0.101 e. The van der Waals surface area contributed by atoms with Crippen LogP contribution in [0.25, 0.3) is 0 Å². The van der Waals surface area contributed by atoms with Crippen molar-refractivity contribution in [2.75, 3.05) is 4.90 Å². The number of halogens is 1. The van der Waals surface area contributed by atoms with Crippen molar-refractivity contribution in [3.8, 4) is 6.07 Å². The molecular weight excluding hydrogens is 292 g/mol. The standard InChI is InChI=1S/C14H15BrN2O/c15-10-2-1-9(8-16)14(5-10)17-11-3-4-12(17)7-13(18)6-11/h1-2,5,11-13,18H,3-4,6-7H2. The van der Waals surface area contributed by atoms with Crippen LogP contribution in [0.4, 0.5) is 5.69 Å². The third-order valence-corrected chi connectivity index (χ3v) is 4.56. The van der Waals surface area contributed by atoms with Gasteiger partial charge in [0.25, 0.3) is 0 Å². The molecule has 2 heterocycles. The van der Waals surface area contributed by atoms with Crippen LogP contribution < -0.4 is 4.90 Å². The van der Waals surface area contributed by atoms with Gasteiger partial charge in [0.05, 0.1) is 17.4 Å². The van der Waals surface area contributed by atoms with E-state index in [1.54, 1.807) is 0 Å². The van der Waals surface area contributed by atoms with Crippen LogP contribution >= 0.6 is 15.9 Å². The molecule has 2 aliphatic heterocycles. The Balaban J connectivity index is 2.01. The maximum atomic E-state index is 9.83. The van der Waals surface area contributed by atoms with Gasteiger partial charge in [-0.25, -0.2) is 0 Å². The summed E-state index contributed by atoms with van der Waals surface area (Å²) in [6, 6.07) is 8.85. The van der Waals surface area contributed by atoms with E-state index in [4.69, 9.17) is 0 Å². The monoisotopic (exact) mass is 306 g/mol. The molecule has 0 radical (unpaired) electrons. The minimum atomic E-state index is -0.170. The van der Waals surface area contributed by atoms with E-state index in [0.29, 0.717) is 12.1 Å². The number of nitrogens with zero attached hydrogens (tertiary/aromatic N) is 2. The van der Waals surface area contributed by atoms with Crippen molar-refractivity contribution in [2.45, 2.75) is 43.9 Å². The predicted octanol–water partition coefficient (Wildman–Crippen LogP) is 2.81. The first-order chi connectivity index (χ1) is 8.69. The van der Waals surface area contributed by atoms with Crippen LogP contribution in [-0.4, -0.2) is 23.3 Å². The van der Waals surface area contributed by atoms with E-state index in [0.717, 1.165) is 41.4 Å². The van der Waals surface area contributed by atoms with Gasteiger partial charge in [-0.05, 0) is 43.9 Å². The molecule has 2 bridgehead atoms. The van der Waals surface area contributed by atoms with Gasteiger partial charge in [0, 0.05) is 16.6 Å². The van der Waals surface area contributed by atoms with Crippen LogP contribution in [0, 0.1) is 11.3 Å². The summed E-state index contributed by atoms with van der Waals surface area (Å²) in [6.45, 7) is 0. The van der Waals surface area contributed by atoms with Gasteiger partial charge in [-0.3, -0.25) is 0 Å². The summed E-state index contributed by atoms with van der Waals surface area (Å²) in [5.74, 6) is 0. The fourth-order valence-corrected chi connectivity index (χ4v) is 3.70. The third-order valence-electron chi connectivity index (χ3n) is 4.07. The van der Waals surface area contributed by atoms with E-state index >= 15 is 0 Å². The third kappa shape index (κ3) is 1.92. The number of benzene rings is 1. The Morgan fingerprint density at radius 3 is 2.56 bits per heavy atom. The topological polar surface area (TPSA) is 47.3 Å². The molecule has 4 heteroatoms. The molecule has 94 valence electrons. The van der Waals surface area contributed by atoms with Gasteiger partial charge < -0.3 is 10.0 Å². The first-order valence-corrected chi connectivity index (χ1v) is 7.14. The number of fused-ring (bicyclic) bond motifs is 2. The Labute approximate surface area is 115 Å². The average molecular weight is 307 g/mol. The van der Waals surface area contributed by atoms with Crippen LogP contribution in [0.1, 0.15) is 31.2 Å². The highest BCUT2D eigenvalue weighted by atomic mass is 79.9. The van der Waals surface area contributed by atoms with Crippen LogP contribution in [-0.2, 0) is 0 Å². The molecule has 18 heavy (non-hydrogen) atoms. The molecule has 1 aromatic carbocycles. The number of aliphatic hydroxyl groups is 1. The second-order valence-electron chi connectivity index (χ2n) is 5.19. The molecule has 3 rings (SSSR count).